The van der Waals surface area contributed by atoms with Crippen molar-refractivity contribution in [3.63, 3.8) is 0 Å². The Morgan fingerprint density at radius 1 is 1.53 bits per heavy atom. The van der Waals surface area contributed by atoms with Gasteiger partial charge in [0.15, 0.2) is 0 Å². The van der Waals surface area contributed by atoms with Crippen molar-refractivity contribution < 1.29 is 9.90 Å². The van der Waals surface area contributed by atoms with Crippen molar-refractivity contribution >= 4 is 17.2 Å². The minimum atomic E-state index is -0.442. The summed E-state index contributed by atoms with van der Waals surface area (Å²) in [6.45, 7) is 1.88. The summed E-state index contributed by atoms with van der Waals surface area (Å²) in [5, 5.41) is 11.7. The highest BCUT2D eigenvalue weighted by molar-refractivity contribution is 7.07. The van der Waals surface area contributed by atoms with E-state index in [0.29, 0.717) is 0 Å². The van der Waals surface area contributed by atoms with E-state index in [1.54, 1.807) is 17.3 Å². The monoisotopic (exact) mass is 284 g/mol. The van der Waals surface area contributed by atoms with Crippen LogP contribution >= 0.6 is 11.3 Å². The molecule has 1 aliphatic rings. The molecule has 1 aliphatic carbocycles. The van der Waals surface area contributed by atoms with Crippen molar-refractivity contribution in [3.8, 4) is 0 Å². The van der Waals surface area contributed by atoms with E-state index in [-0.39, 0.29) is 23.4 Å². The van der Waals surface area contributed by atoms with Crippen LogP contribution in [0.4, 0.5) is 0 Å². The van der Waals surface area contributed by atoms with Gasteiger partial charge in [-0.3, -0.25) is 14.2 Å². The van der Waals surface area contributed by atoms with E-state index in [2.05, 4.69) is 0 Å². The van der Waals surface area contributed by atoms with Gasteiger partial charge in [-0.2, -0.15) is 0 Å². The minimum Gasteiger partial charge on any atom is -0.391 e. The van der Waals surface area contributed by atoms with Gasteiger partial charge in [-0.1, -0.05) is 24.2 Å². The number of carbonyl (C=O) groups is 1. The SMILES string of the molecule is Cc1csc(=O)n1CC(=O)N(C)C1CCCCC1O. The fourth-order valence-electron chi connectivity index (χ4n) is 2.57. The topological polar surface area (TPSA) is 62.5 Å². The molecule has 0 bridgehead atoms. The summed E-state index contributed by atoms with van der Waals surface area (Å²) < 4.78 is 1.48. The second-order valence-corrected chi connectivity index (χ2v) is 5.97. The van der Waals surface area contributed by atoms with E-state index in [0.717, 1.165) is 42.7 Å². The van der Waals surface area contributed by atoms with Crippen LogP contribution in [0.3, 0.4) is 0 Å². The average Bonchev–Trinajstić information content (AvgIpc) is 2.70. The van der Waals surface area contributed by atoms with E-state index in [4.69, 9.17) is 0 Å². The Hall–Kier alpha value is -1.14. The fourth-order valence-corrected chi connectivity index (χ4v) is 3.31. The van der Waals surface area contributed by atoms with Crippen LogP contribution in [0.1, 0.15) is 31.4 Å². The highest BCUT2D eigenvalue weighted by Gasteiger charge is 2.29. The van der Waals surface area contributed by atoms with E-state index in [1.165, 1.54) is 4.57 Å². The molecule has 106 valence electrons. The molecule has 0 aliphatic heterocycles. The molecule has 5 nitrogen and oxygen atoms in total. The second kappa shape index (κ2) is 5.88. The van der Waals surface area contributed by atoms with Gasteiger partial charge >= 0.3 is 4.87 Å². The maximum absolute atomic E-state index is 12.2. The third-order valence-corrected chi connectivity index (χ3v) is 4.74. The predicted molar refractivity (Wildman–Crippen MR) is 74.3 cm³/mol. The predicted octanol–water partition coefficient (Wildman–Crippen LogP) is 0.980. The molecule has 19 heavy (non-hydrogen) atoms. The van der Waals surface area contributed by atoms with Crippen molar-refractivity contribution in [2.24, 2.45) is 0 Å². The van der Waals surface area contributed by atoms with Gasteiger partial charge in [0.1, 0.15) is 6.54 Å². The van der Waals surface area contributed by atoms with Crippen LogP contribution in [0.5, 0.6) is 0 Å². The largest absolute Gasteiger partial charge is 0.391 e. The molecule has 1 saturated carbocycles. The zero-order valence-corrected chi connectivity index (χ0v) is 12.2. The summed E-state index contributed by atoms with van der Waals surface area (Å²) in [7, 11) is 1.72. The Balaban J connectivity index is 2.05. The van der Waals surface area contributed by atoms with Crippen molar-refractivity contribution in [2.75, 3.05) is 7.05 Å². The van der Waals surface area contributed by atoms with Crippen LogP contribution in [0.15, 0.2) is 10.2 Å². The lowest BCUT2D eigenvalue weighted by Crippen LogP contribution is -2.47. The second-order valence-electron chi connectivity index (χ2n) is 5.15. The smallest absolute Gasteiger partial charge is 0.307 e. The molecule has 2 atom stereocenters. The molecule has 0 aromatic carbocycles. The molecule has 0 saturated heterocycles. The van der Waals surface area contributed by atoms with E-state index in [9.17, 15) is 14.7 Å². The summed E-state index contributed by atoms with van der Waals surface area (Å²) in [5.41, 5.74) is 0.806. The number of hydrogen-bond acceptors (Lipinski definition) is 4. The van der Waals surface area contributed by atoms with Crippen LogP contribution in [-0.2, 0) is 11.3 Å². The summed E-state index contributed by atoms with van der Waals surface area (Å²) >= 11 is 1.11. The van der Waals surface area contributed by atoms with Gasteiger partial charge in [-0.25, -0.2) is 0 Å². The molecular weight excluding hydrogens is 264 g/mol. The molecule has 0 spiro atoms. The van der Waals surface area contributed by atoms with Crippen LogP contribution in [-0.4, -0.2) is 39.7 Å². The number of hydrogen-bond donors (Lipinski definition) is 1. The molecule has 1 fully saturated rings. The minimum absolute atomic E-state index is 0.0634. The van der Waals surface area contributed by atoms with Crippen LogP contribution in [0.2, 0.25) is 0 Å². The standard InChI is InChI=1S/C13H20N2O3S/c1-9-8-19-13(18)15(9)7-12(17)14(2)10-5-3-4-6-11(10)16/h8,10-11,16H,3-7H2,1-2H3. The number of thiazole rings is 1. The van der Waals surface area contributed by atoms with E-state index < -0.39 is 6.10 Å². The Labute approximate surface area is 116 Å². The van der Waals surface area contributed by atoms with Gasteiger partial charge in [-0.05, 0) is 19.8 Å². The van der Waals surface area contributed by atoms with Crippen molar-refractivity contribution in [1.82, 2.24) is 9.47 Å². The quantitative estimate of drug-likeness (QED) is 0.900. The number of nitrogens with zero attached hydrogens (tertiary/aromatic N) is 2. The van der Waals surface area contributed by atoms with Gasteiger partial charge in [0.25, 0.3) is 0 Å². The lowest BCUT2D eigenvalue weighted by atomic mass is 9.91. The van der Waals surface area contributed by atoms with Gasteiger partial charge in [0, 0.05) is 18.1 Å². The Morgan fingerprint density at radius 2 is 2.21 bits per heavy atom. The average molecular weight is 284 g/mol. The summed E-state index contributed by atoms with van der Waals surface area (Å²) in [6.07, 6.45) is 3.20. The molecule has 0 radical (unpaired) electrons. The molecular formula is C13H20N2O3S. The summed E-state index contributed by atoms with van der Waals surface area (Å²) in [4.78, 5) is 25.3. The number of amides is 1. The number of likely N-dealkylation sites (N-methyl/N-ethyl adjacent to an activating group) is 1. The van der Waals surface area contributed by atoms with E-state index in [1.807, 2.05) is 6.92 Å². The number of aromatic nitrogens is 1. The molecule has 1 aromatic rings. The first kappa shape index (κ1) is 14.3. The number of aliphatic hydroxyl groups excluding tert-OH is 1. The van der Waals surface area contributed by atoms with E-state index >= 15 is 0 Å². The fraction of sp³-hybridized carbons (Fsp3) is 0.692. The Kier molecular flexibility index (Phi) is 4.42. The molecule has 2 rings (SSSR count). The van der Waals surface area contributed by atoms with Gasteiger partial charge < -0.3 is 10.0 Å². The highest BCUT2D eigenvalue weighted by Crippen LogP contribution is 2.22. The van der Waals surface area contributed by atoms with Crippen molar-refractivity contribution in [2.45, 2.75) is 51.3 Å². The lowest BCUT2D eigenvalue weighted by Gasteiger charge is -2.35. The first-order chi connectivity index (χ1) is 9.00. The van der Waals surface area contributed by atoms with Gasteiger partial charge in [0.05, 0.1) is 12.1 Å². The number of aryl methyl sites for hydroxylation is 1. The molecule has 1 amide bonds. The molecule has 1 N–H and O–H groups in total. The molecule has 1 heterocycles. The van der Waals surface area contributed by atoms with Gasteiger partial charge in [0.2, 0.25) is 5.91 Å². The number of aliphatic hydroxyl groups is 1. The number of rotatable bonds is 3. The summed E-state index contributed by atoms with van der Waals surface area (Å²) in [5.74, 6) is -0.116. The van der Waals surface area contributed by atoms with Crippen LogP contribution in [0.25, 0.3) is 0 Å². The van der Waals surface area contributed by atoms with Crippen LogP contribution < -0.4 is 4.87 Å². The maximum Gasteiger partial charge on any atom is 0.307 e. The Morgan fingerprint density at radius 3 is 2.79 bits per heavy atom. The number of carbonyl (C=O) groups excluding carboxylic acids is 1. The van der Waals surface area contributed by atoms with Crippen LogP contribution in [0, 0.1) is 6.92 Å². The normalized spacial score (nSPS) is 23.3. The highest BCUT2D eigenvalue weighted by atomic mass is 32.1. The maximum atomic E-state index is 12.2. The zero-order chi connectivity index (χ0) is 14.0. The summed E-state index contributed by atoms with van der Waals surface area (Å²) in [6, 6.07) is -0.115. The Bertz CT molecular complexity index is 508. The molecule has 1 aromatic heterocycles. The van der Waals surface area contributed by atoms with Gasteiger partial charge in [-0.15, -0.1) is 0 Å². The zero-order valence-electron chi connectivity index (χ0n) is 11.3. The first-order valence-corrected chi connectivity index (χ1v) is 7.47. The lowest BCUT2D eigenvalue weighted by molar-refractivity contribution is -0.136. The molecule has 2 unspecified atom stereocenters. The first-order valence-electron chi connectivity index (χ1n) is 6.59. The third kappa shape index (κ3) is 3.06. The van der Waals surface area contributed by atoms with Crippen molar-refractivity contribution in [3.05, 3.63) is 20.7 Å². The molecule has 6 heteroatoms. The van der Waals surface area contributed by atoms with Crippen molar-refractivity contribution in [1.29, 1.82) is 0 Å². The third-order valence-electron chi connectivity index (χ3n) is 3.85.